The smallest absolute Gasteiger partial charge is 0.163 e. The number of hydrogen-bond acceptors (Lipinski definition) is 3. The van der Waals surface area contributed by atoms with Gasteiger partial charge < -0.3 is 15.6 Å². The Bertz CT molecular complexity index is 1090. The number of nitrogens with one attached hydrogen (secondary N) is 3. The van der Waals surface area contributed by atoms with Gasteiger partial charge in [0.2, 0.25) is 0 Å². The Morgan fingerprint density at radius 2 is 1.70 bits per heavy atom. The minimum absolute atomic E-state index is 0.0348. The number of carbonyl (C=O) groups is 1. The molecule has 0 radical (unpaired) electrons. The minimum Gasteiger partial charge on any atom is -0.372 e. The van der Waals surface area contributed by atoms with Gasteiger partial charge in [0.25, 0.3) is 0 Å². The standard InChI is InChI=1S/C23H23N3O/c1-23(2)11-19-21(20(27)12-23)22(26-18-10-6-5-9-17(18)25-19)15-13-24-16-8-4-3-7-14(15)16/h3-10,13,22,24-26H,11-12H2,1-2H3/t22-/m0/s1. The molecule has 4 heteroatoms. The van der Waals surface area contributed by atoms with Crippen LogP contribution in [0, 0.1) is 5.41 Å². The Kier molecular flexibility index (Phi) is 3.44. The Morgan fingerprint density at radius 3 is 2.56 bits per heavy atom. The van der Waals surface area contributed by atoms with E-state index in [1.807, 2.05) is 30.5 Å². The van der Waals surface area contributed by atoms with Gasteiger partial charge in [-0.3, -0.25) is 4.79 Å². The van der Waals surface area contributed by atoms with E-state index in [0.717, 1.165) is 45.5 Å². The van der Waals surface area contributed by atoms with Crippen LogP contribution in [0.5, 0.6) is 0 Å². The Balaban J connectivity index is 1.74. The normalized spacial score (nSPS) is 21.1. The second kappa shape index (κ2) is 5.74. The van der Waals surface area contributed by atoms with Crippen LogP contribution in [0.4, 0.5) is 11.4 Å². The Hall–Kier alpha value is -3.01. The van der Waals surface area contributed by atoms with Crippen molar-refractivity contribution in [2.45, 2.75) is 32.7 Å². The highest BCUT2D eigenvalue weighted by Gasteiger charge is 2.39. The third-order valence-corrected chi connectivity index (χ3v) is 5.65. The second-order valence-electron chi connectivity index (χ2n) is 8.37. The van der Waals surface area contributed by atoms with Crippen LogP contribution in [-0.4, -0.2) is 10.8 Å². The van der Waals surface area contributed by atoms with Crippen molar-refractivity contribution in [3.05, 3.63) is 71.6 Å². The van der Waals surface area contributed by atoms with Gasteiger partial charge in [-0.2, -0.15) is 0 Å². The van der Waals surface area contributed by atoms with Gasteiger partial charge in [0.05, 0.1) is 17.4 Å². The molecule has 4 nitrogen and oxygen atoms in total. The molecule has 5 rings (SSSR count). The van der Waals surface area contributed by atoms with E-state index in [-0.39, 0.29) is 17.2 Å². The van der Waals surface area contributed by atoms with Gasteiger partial charge in [-0.05, 0) is 30.0 Å². The van der Waals surface area contributed by atoms with Crippen molar-refractivity contribution >= 4 is 28.1 Å². The summed E-state index contributed by atoms with van der Waals surface area (Å²) in [5, 5.41) is 8.38. The molecule has 0 saturated heterocycles. The molecule has 1 aromatic heterocycles. The van der Waals surface area contributed by atoms with E-state index in [4.69, 9.17) is 0 Å². The Labute approximate surface area is 158 Å². The summed E-state index contributed by atoms with van der Waals surface area (Å²) < 4.78 is 0. The quantitative estimate of drug-likeness (QED) is 0.547. The van der Waals surface area contributed by atoms with Gasteiger partial charge in [0.1, 0.15) is 0 Å². The van der Waals surface area contributed by atoms with Crippen molar-refractivity contribution < 1.29 is 4.79 Å². The second-order valence-corrected chi connectivity index (χ2v) is 8.37. The van der Waals surface area contributed by atoms with Gasteiger partial charge >= 0.3 is 0 Å². The lowest BCUT2D eigenvalue weighted by atomic mass is 9.73. The summed E-state index contributed by atoms with van der Waals surface area (Å²) in [6, 6.07) is 16.3. The average Bonchev–Trinajstić information content (AvgIpc) is 2.97. The number of fused-ring (bicyclic) bond motifs is 2. The molecule has 0 fully saturated rings. The number of ketones is 1. The molecule has 3 N–H and O–H groups in total. The van der Waals surface area contributed by atoms with E-state index < -0.39 is 0 Å². The monoisotopic (exact) mass is 357 g/mol. The van der Waals surface area contributed by atoms with Crippen LogP contribution in [-0.2, 0) is 4.79 Å². The molecule has 2 aromatic carbocycles. The van der Waals surface area contributed by atoms with E-state index >= 15 is 0 Å². The molecule has 136 valence electrons. The highest BCUT2D eigenvalue weighted by molar-refractivity contribution is 6.02. The summed E-state index contributed by atoms with van der Waals surface area (Å²) in [4.78, 5) is 16.6. The van der Waals surface area contributed by atoms with E-state index in [1.54, 1.807) is 0 Å². The van der Waals surface area contributed by atoms with Gasteiger partial charge in [0, 0.05) is 40.4 Å². The molecule has 0 saturated carbocycles. The van der Waals surface area contributed by atoms with Crippen molar-refractivity contribution in [1.29, 1.82) is 0 Å². The first-order valence-corrected chi connectivity index (χ1v) is 9.47. The maximum atomic E-state index is 13.2. The first-order chi connectivity index (χ1) is 13.0. The third kappa shape index (κ3) is 2.64. The molecule has 27 heavy (non-hydrogen) atoms. The summed E-state index contributed by atoms with van der Waals surface area (Å²) in [5.74, 6) is 0.226. The zero-order chi connectivity index (χ0) is 18.6. The number of carbonyl (C=O) groups excluding carboxylic acids is 1. The summed E-state index contributed by atoms with van der Waals surface area (Å²) in [7, 11) is 0. The first-order valence-electron chi connectivity index (χ1n) is 9.47. The van der Waals surface area contributed by atoms with E-state index in [9.17, 15) is 4.79 Å². The number of rotatable bonds is 1. The number of Topliss-reactive ketones (excluding diaryl/α,β-unsaturated/α-hetero) is 1. The summed E-state index contributed by atoms with van der Waals surface area (Å²) in [6.45, 7) is 4.34. The van der Waals surface area contributed by atoms with E-state index in [2.05, 4.69) is 53.7 Å². The number of anilines is 2. The Morgan fingerprint density at radius 1 is 0.963 bits per heavy atom. The van der Waals surface area contributed by atoms with Crippen LogP contribution < -0.4 is 10.6 Å². The van der Waals surface area contributed by atoms with Crippen LogP contribution in [0.1, 0.15) is 38.3 Å². The predicted molar refractivity (Wildman–Crippen MR) is 110 cm³/mol. The molecule has 2 aliphatic rings. The minimum atomic E-state index is -0.170. The molecule has 1 aliphatic carbocycles. The fourth-order valence-electron chi connectivity index (χ4n) is 4.46. The molecular weight excluding hydrogens is 334 g/mol. The van der Waals surface area contributed by atoms with Gasteiger partial charge in [0.15, 0.2) is 5.78 Å². The van der Waals surface area contributed by atoms with Crippen molar-refractivity contribution in [3.8, 4) is 0 Å². The molecule has 2 heterocycles. The van der Waals surface area contributed by atoms with Crippen molar-refractivity contribution in [2.24, 2.45) is 5.41 Å². The topological polar surface area (TPSA) is 56.9 Å². The summed E-state index contributed by atoms with van der Waals surface area (Å²) in [6.07, 6.45) is 3.47. The van der Waals surface area contributed by atoms with Crippen LogP contribution in [0.2, 0.25) is 0 Å². The molecule has 0 spiro atoms. The molecule has 0 unspecified atom stereocenters. The molecular formula is C23H23N3O. The molecule has 0 bridgehead atoms. The van der Waals surface area contributed by atoms with E-state index in [1.165, 1.54) is 0 Å². The number of para-hydroxylation sites is 3. The number of allylic oxidation sites excluding steroid dienone is 1. The number of aromatic amines is 1. The van der Waals surface area contributed by atoms with Crippen LogP contribution >= 0.6 is 0 Å². The largest absolute Gasteiger partial charge is 0.372 e. The third-order valence-electron chi connectivity index (χ3n) is 5.65. The summed E-state index contributed by atoms with van der Waals surface area (Å²) >= 11 is 0. The molecule has 3 aromatic rings. The van der Waals surface area contributed by atoms with Crippen molar-refractivity contribution in [1.82, 2.24) is 4.98 Å². The zero-order valence-electron chi connectivity index (χ0n) is 15.6. The highest BCUT2D eigenvalue weighted by Crippen LogP contribution is 2.46. The maximum absolute atomic E-state index is 13.2. The lowest BCUT2D eigenvalue weighted by molar-refractivity contribution is -0.118. The molecule has 1 aliphatic heterocycles. The fraction of sp³-hybridized carbons (Fsp3) is 0.261. The fourth-order valence-corrected chi connectivity index (χ4v) is 4.46. The average molecular weight is 357 g/mol. The number of benzene rings is 2. The van der Waals surface area contributed by atoms with Crippen LogP contribution in [0.3, 0.4) is 0 Å². The lowest BCUT2D eigenvalue weighted by Crippen LogP contribution is -2.31. The van der Waals surface area contributed by atoms with Crippen LogP contribution in [0.25, 0.3) is 10.9 Å². The number of hydrogen-bond donors (Lipinski definition) is 3. The number of aromatic nitrogens is 1. The lowest BCUT2D eigenvalue weighted by Gasteiger charge is -2.34. The SMILES string of the molecule is CC1(C)CC(=O)C2=C(C1)Nc1ccccc1N[C@H]2c1c[nH]c2ccccc12. The van der Waals surface area contributed by atoms with Gasteiger partial charge in [-0.15, -0.1) is 0 Å². The van der Waals surface area contributed by atoms with Crippen molar-refractivity contribution in [2.75, 3.05) is 10.6 Å². The highest BCUT2D eigenvalue weighted by atomic mass is 16.1. The first kappa shape index (κ1) is 16.2. The van der Waals surface area contributed by atoms with E-state index in [0.29, 0.717) is 6.42 Å². The van der Waals surface area contributed by atoms with Gasteiger partial charge in [-0.25, -0.2) is 0 Å². The molecule has 0 amide bonds. The molecule has 1 atom stereocenters. The van der Waals surface area contributed by atoms with Gasteiger partial charge in [-0.1, -0.05) is 44.2 Å². The maximum Gasteiger partial charge on any atom is 0.163 e. The zero-order valence-corrected chi connectivity index (χ0v) is 15.6. The predicted octanol–water partition coefficient (Wildman–Crippen LogP) is 5.39. The summed E-state index contributed by atoms with van der Waals surface area (Å²) in [5.41, 5.74) is 6.13. The van der Waals surface area contributed by atoms with Crippen LogP contribution in [0.15, 0.2) is 66.0 Å². The number of H-pyrrole nitrogens is 1. The van der Waals surface area contributed by atoms with Crippen molar-refractivity contribution in [3.63, 3.8) is 0 Å².